The standard InChI is InChI=1S/C16H19N5O2/c22-16(19-11-13-2-1-9-23-13)14-3-4-15(21-20-14)18-10-12-5-7-17-8-6-12/h3-8,13H,1-2,9-11H2,(H,18,21)(H,19,22). The monoisotopic (exact) mass is 313 g/mol. The van der Waals surface area contributed by atoms with Crippen molar-refractivity contribution in [3.05, 3.63) is 47.9 Å². The van der Waals surface area contributed by atoms with Crippen molar-refractivity contribution in [3.8, 4) is 0 Å². The number of pyridine rings is 1. The molecule has 23 heavy (non-hydrogen) atoms. The molecule has 2 aromatic heterocycles. The van der Waals surface area contributed by atoms with Crippen LogP contribution in [0.15, 0.2) is 36.7 Å². The number of carbonyl (C=O) groups excluding carboxylic acids is 1. The molecule has 3 rings (SSSR count). The molecule has 3 heterocycles. The van der Waals surface area contributed by atoms with Crippen LogP contribution >= 0.6 is 0 Å². The van der Waals surface area contributed by atoms with Crippen LogP contribution in [0, 0.1) is 0 Å². The fraction of sp³-hybridized carbons (Fsp3) is 0.375. The van der Waals surface area contributed by atoms with E-state index in [-0.39, 0.29) is 12.0 Å². The Bertz CT molecular complexity index is 627. The normalized spacial score (nSPS) is 17.0. The van der Waals surface area contributed by atoms with Crippen molar-refractivity contribution in [1.29, 1.82) is 0 Å². The van der Waals surface area contributed by atoms with E-state index in [1.807, 2.05) is 12.1 Å². The summed E-state index contributed by atoms with van der Waals surface area (Å²) in [4.78, 5) is 16.0. The average molecular weight is 313 g/mol. The van der Waals surface area contributed by atoms with Gasteiger partial charge in [0.25, 0.3) is 5.91 Å². The highest BCUT2D eigenvalue weighted by Gasteiger charge is 2.17. The van der Waals surface area contributed by atoms with Gasteiger partial charge in [0.15, 0.2) is 5.69 Å². The number of hydrogen-bond donors (Lipinski definition) is 2. The van der Waals surface area contributed by atoms with Crippen LogP contribution in [-0.2, 0) is 11.3 Å². The number of nitrogens with one attached hydrogen (secondary N) is 2. The summed E-state index contributed by atoms with van der Waals surface area (Å²) in [6.45, 7) is 1.92. The number of hydrogen-bond acceptors (Lipinski definition) is 6. The van der Waals surface area contributed by atoms with Crippen LogP contribution in [0.5, 0.6) is 0 Å². The molecule has 120 valence electrons. The van der Waals surface area contributed by atoms with Gasteiger partial charge in [-0.2, -0.15) is 0 Å². The topological polar surface area (TPSA) is 89.0 Å². The molecule has 1 saturated heterocycles. The summed E-state index contributed by atoms with van der Waals surface area (Å²) in [5, 5.41) is 14.0. The number of aromatic nitrogens is 3. The van der Waals surface area contributed by atoms with E-state index in [1.165, 1.54) is 0 Å². The summed E-state index contributed by atoms with van der Waals surface area (Å²) in [5.74, 6) is 0.395. The molecular weight excluding hydrogens is 294 g/mol. The highest BCUT2D eigenvalue weighted by Crippen LogP contribution is 2.11. The predicted octanol–water partition coefficient (Wildman–Crippen LogP) is 1.39. The average Bonchev–Trinajstić information content (AvgIpc) is 3.13. The van der Waals surface area contributed by atoms with Gasteiger partial charge in [0.05, 0.1) is 6.10 Å². The van der Waals surface area contributed by atoms with E-state index < -0.39 is 0 Å². The van der Waals surface area contributed by atoms with E-state index in [4.69, 9.17) is 4.74 Å². The van der Waals surface area contributed by atoms with E-state index in [1.54, 1.807) is 24.5 Å². The summed E-state index contributed by atoms with van der Waals surface area (Å²) < 4.78 is 5.47. The van der Waals surface area contributed by atoms with Crippen molar-refractivity contribution in [1.82, 2.24) is 20.5 Å². The fourth-order valence-corrected chi connectivity index (χ4v) is 2.34. The zero-order valence-corrected chi connectivity index (χ0v) is 12.7. The summed E-state index contributed by atoms with van der Waals surface area (Å²) in [6, 6.07) is 7.25. The number of carbonyl (C=O) groups is 1. The molecule has 7 heteroatoms. The van der Waals surface area contributed by atoms with Gasteiger partial charge in [-0.3, -0.25) is 9.78 Å². The van der Waals surface area contributed by atoms with Crippen molar-refractivity contribution in [2.45, 2.75) is 25.5 Å². The van der Waals surface area contributed by atoms with Gasteiger partial charge in [0.2, 0.25) is 0 Å². The first-order valence-corrected chi connectivity index (χ1v) is 7.67. The highest BCUT2D eigenvalue weighted by molar-refractivity contribution is 5.92. The quantitative estimate of drug-likeness (QED) is 0.838. The fourth-order valence-electron chi connectivity index (χ4n) is 2.34. The maximum absolute atomic E-state index is 12.0. The first-order chi connectivity index (χ1) is 11.3. The molecule has 1 unspecified atom stereocenters. The van der Waals surface area contributed by atoms with Crippen molar-refractivity contribution in [2.24, 2.45) is 0 Å². The molecule has 2 aromatic rings. The molecule has 1 atom stereocenters. The molecule has 0 saturated carbocycles. The van der Waals surface area contributed by atoms with Crippen LogP contribution in [0.25, 0.3) is 0 Å². The Hall–Kier alpha value is -2.54. The van der Waals surface area contributed by atoms with Gasteiger partial charge in [-0.1, -0.05) is 0 Å². The van der Waals surface area contributed by atoms with Crippen LogP contribution in [0.3, 0.4) is 0 Å². The lowest BCUT2D eigenvalue weighted by atomic mass is 10.2. The van der Waals surface area contributed by atoms with Crippen LogP contribution in [0.2, 0.25) is 0 Å². The molecule has 1 aliphatic rings. The third-order valence-electron chi connectivity index (χ3n) is 3.63. The van der Waals surface area contributed by atoms with Crippen LogP contribution < -0.4 is 10.6 Å². The molecule has 0 radical (unpaired) electrons. The zero-order chi connectivity index (χ0) is 15.9. The Morgan fingerprint density at radius 3 is 2.78 bits per heavy atom. The van der Waals surface area contributed by atoms with Crippen LogP contribution in [-0.4, -0.2) is 40.3 Å². The van der Waals surface area contributed by atoms with Gasteiger partial charge < -0.3 is 15.4 Å². The third kappa shape index (κ3) is 4.46. The van der Waals surface area contributed by atoms with Gasteiger partial charge in [0, 0.05) is 32.1 Å². The number of anilines is 1. The number of rotatable bonds is 6. The van der Waals surface area contributed by atoms with Crippen molar-refractivity contribution < 1.29 is 9.53 Å². The minimum absolute atomic E-state index is 0.119. The van der Waals surface area contributed by atoms with Crippen molar-refractivity contribution >= 4 is 11.7 Å². The third-order valence-corrected chi connectivity index (χ3v) is 3.63. The Morgan fingerprint density at radius 1 is 1.22 bits per heavy atom. The van der Waals surface area contributed by atoms with E-state index >= 15 is 0 Å². The SMILES string of the molecule is O=C(NCC1CCCO1)c1ccc(NCc2ccncc2)nn1. The van der Waals surface area contributed by atoms with Crippen LogP contribution in [0.1, 0.15) is 28.9 Å². The minimum atomic E-state index is -0.228. The maximum Gasteiger partial charge on any atom is 0.271 e. The highest BCUT2D eigenvalue weighted by atomic mass is 16.5. The number of ether oxygens (including phenoxy) is 1. The van der Waals surface area contributed by atoms with E-state index in [0.29, 0.717) is 24.6 Å². The van der Waals surface area contributed by atoms with Crippen molar-refractivity contribution in [2.75, 3.05) is 18.5 Å². The van der Waals surface area contributed by atoms with E-state index in [2.05, 4.69) is 25.8 Å². The molecule has 0 bridgehead atoms. The minimum Gasteiger partial charge on any atom is -0.376 e. The Labute approximate surface area is 134 Å². The van der Waals surface area contributed by atoms with Gasteiger partial charge in [-0.05, 0) is 42.7 Å². The van der Waals surface area contributed by atoms with E-state index in [0.717, 1.165) is 25.0 Å². The molecule has 1 aliphatic heterocycles. The zero-order valence-electron chi connectivity index (χ0n) is 12.7. The first kappa shape index (κ1) is 15.4. The van der Waals surface area contributed by atoms with Crippen molar-refractivity contribution in [3.63, 3.8) is 0 Å². The van der Waals surface area contributed by atoms with Crippen LogP contribution in [0.4, 0.5) is 5.82 Å². The summed E-state index contributed by atoms with van der Waals surface area (Å²) in [7, 11) is 0. The number of amides is 1. The molecule has 0 spiro atoms. The van der Waals surface area contributed by atoms with E-state index in [9.17, 15) is 4.79 Å². The predicted molar refractivity (Wildman–Crippen MR) is 84.9 cm³/mol. The largest absolute Gasteiger partial charge is 0.376 e. The Kier molecular flexibility index (Phi) is 5.10. The van der Waals surface area contributed by atoms with Gasteiger partial charge in [0.1, 0.15) is 5.82 Å². The molecule has 1 amide bonds. The smallest absolute Gasteiger partial charge is 0.271 e. The second-order valence-electron chi connectivity index (χ2n) is 5.36. The maximum atomic E-state index is 12.0. The summed E-state index contributed by atoms with van der Waals surface area (Å²) in [5.41, 5.74) is 1.40. The molecular formula is C16H19N5O2. The van der Waals surface area contributed by atoms with Gasteiger partial charge >= 0.3 is 0 Å². The Balaban J connectivity index is 1.49. The molecule has 0 aliphatic carbocycles. The lowest BCUT2D eigenvalue weighted by Gasteiger charge is -2.10. The second kappa shape index (κ2) is 7.64. The van der Waals surface area contributed by atoms with Gasteiger partial charge in [-0.15, -0.1) is 10.2 Å². The van der Waals surface area contributed by atoms with Gasteiger partial charge in [-0.25, -0.2) is 0 Å². The number of nitrogens with zero attached hydrogens (tertiary/aromatic N) is 3. The summed E-state index contributed by atoms with van der Waals surface area (Å²) >= 11 is 0. The molecule has 2 N–H and O–H groups in total. The molecule has 7 nitrogen and oxygen atoms in total. The Morgan fingerprint density at radius 2 is 2.09 bits per heavy atom. The molecule has 1 fully saturated rings. The lowest BCUT2D eigenvalue weighted by molar-refractivity contribution is 0.0853. The lowest BCUT2D eigenvalue weighted by Crippen LogP contribution is -2.32. The first-order valence-electron chi connectivity index (χ1n) is 7.67. The molecule has 0 aromatic carbocycles. The summed E-state index contributed by atoms with van der Waals surface area (Å²) in [6.07, 6.45) is 5.64. The second-order valence-corrected chi connectivity index (χ2v) is 5.36.